The van der Waals surface area contributed by atoms with Crippen LogP contribution in [0.1, 0.15) is 43.8 Å². The number of hydrogen-bond acceptors (Lipinski definition) is 3. The molecule has 1 atom stereocenters. The average molecular weight is 287 g/mol. The number of para-hydroxylation sites is 1. The van der Waals surface area contributed by atoms with Crippen molar-refractivity contribution >= 4 is 0 Å². The lowest BCUT2D eigenvalue weighted by molar-refractivity contribution is 0.334. The van der Waals surface area contributed by atoms with Crippen molar-refractivity contribution in [1.82, 2.24) is 9.78 Å². The second-order valence-electron chi connectivity index (χ2n) is 5.08. The Balaban J connectivity index is 2.21. The number of aromatic nitrogens is 2. The van der Waals surface area contributed by atoms with Crippen LogP contribution in [0.3, 0.4) is 0 Å². The molecular weight excluding hydrogens is 262 g/mol. The fraction of sp³-hybridized carbons (Fsp3) is 0.471. The van der Waals surface area contributed by atoms with E-state index in [4.69, 9.17) is 10.5 Å². The van der Waals surface area contributed by atoms with Crippen LogP contribution in [0.15, 0.2) is 30.3 Å². The lowest BCUT2D eigenvalue weighted by Gasteiger charge is -2.17. The van der Waals surface area contributed by atoms with Crippen LogP contribution in [0.4, 0.5) is 0 Å². The Morgan fingerprint density at radius 1 is 1.24 bits per heavy atom. The zero-order valence-corrected chi connectivity index (χ0v) is 13.2. The highest BCUT2D eigenvalue weighted by atomic mass is 16.5. The van der Waals surface area contributed by atoms with Gasteiger partial charge in [0.2, 0.25) is 0 Å². The van der Waals surface area contributed by atoms with Crippen molar-refractivity contribution in [2.75, 3.05) is 6.61 Å². The van der Waals surface area contributed by atoms with E-state index in [9.17, 15) is 0 Å². The van der Waals surface area contributed by atoms with Gasteiger partial charge in [0.05, 0.1) is 12.3 Å². The molecule has 0 amide bonds. The van der Waals surface area contributed by atoms with Crippen LogP contribution in [0.25, 0.3) is 0 Å². The third kappa shape index (κ3) is 3.64. The molecule has 2 aromatic rings. The average Bonchev–Trinajstić information content (AvgIpc) is 2.90. The molecule has 0 aliphatic heterocycles. The first kappa shape index (κ1) is 15.6. The molecule has 0 saturated carbocycles. The molecular formula is C17H25N3O. The first-order chi connectivity index (χ1) is 10.2. The van der Waals surface area contributed by atoms with Gasteiger partial charge in [-0.1, -0.05) is 25.1 Å². The summed E-state index contributed by atoms with van der Waals surface area (Å²) < 4.78 is 7.72. The van der Waals surface area contributed by atoms with E-state index in [0.717, 1.165) is 36.4 Å². The van der Waals surface area contributed by atoms with E-state index in [1.807, 2.05) is 35.9 Å². The third-order valence-corrected chi connectivity index (χ3v) is 3.62. The number of benzene rings is 1. The SMILES string of the molecule is CCOc1ccccc1C(N)Cc1cc(CC)nn1CC. The Bertz CT molecular complexity index is 577. The summed E-state index contributed by atoms with van der Waals surface area (Å²) in [5, 5.41) is 4.58. The van der Waals surface area contributed by atoms with Crippen LogP contribution in [0.5, 0.6) is 5.75 Å². The summed E-state index contributed by atoms with van der Waals surface area (Å²) in [4.78, 5) is 0. The molecule has 114 valence electrons. The minimum Gasteiger partial charge on any atom is -0.494 e. The van der Waals surface area contributed by atoms with Gasteiger partial charge in [-0.3, -0.25) is 4.68 Å². The van der Waals surface area contributed by atoms with Crippen molar-refractivity contribution < 1.29 is 4.74 Å². The van der Waals surface area contributed by atoms with Gasteiger partial charge in [-0.05, 0) is 32.4 Å². The van der Waals surface area contributed by atoms with Crippen molar-refractivity contribution in [3.05, 3.63) is 47.3 Å². The van der Waals surface area contributed by atoms with Crippen molar-refractivity contribution in [2.45, 2.75) is 46.2 Å². The van der Waals surface area contributed by atoms with Crippen LogP contribution in [-0.4, -0.2) is 16.4 Å². The lowest BCUT2D eigenvalue weighted by atomic mass is 10.0. The van der Waals surface area contributed by atoms with E-state index < -0.39 is 0 Å². The van der Waals surface area contributed by atoms with Crippen LogP contribution in [0, 0.1) is 0 Å². The molecule has 0 saturated heterocycles. The van der Waals surface area contributed by atoms with Crippen molar-refractivity contribution in [3.63, 3.8) is 0 Å². The largest absolute Gasteiger partial charge is 0.494 e. The van der Waals surface area contributed by atoms with Gasteiger partial charge in [0.15, 0.2) is 0 Å². The molecule has 1 heterocycles. The molecule has 1 unspecified atom stereocenters. The zero-order valence-electron chi connectivity index (χ0n) is 13.2. The summed E-state index contributed by atoms with van der Waals surface area (Å²) in [6.45, 7) is 7.74. The number of rotatable bonds is 7. The summed E-state index contributed by atoms with van der Waals surface area (Å²) in [5.74, 6) is 0.880. The fourth-order valence-corrected chi connectivity index (χ4v) is 2.53. The summed E-state index contributed by atoms with van der Waals surface area (Å²) >= 11 is 0. The molecule has 0 spiro atoms. The van der Waals surface area contributed by atoms with Crippen LogP contribution < -0.4 is 10.5 Å². The summed E-state index contributed by atoms with van der Waals surface area (Å²) in [6, 6.07) is 10.1. The maximum atomic E-state index is 6.41. The Morgan fingerprint density at radius 3 is 2.67 bits per heavy atom. The normalized spacial score (nSPS) is 12.4. The summed E-state index contributed by atoms with van der Waals surface area (Å²) in [7, 11) is 0. The van der Waals surface area contributed by atoms with E-state index in [0.29, 0.717) is 6.61 Å². The van der Waals surface area contributed by atoms with Gasteiger partial charge in [0.1, 0.15) is 5.75 Å². The molecule has 2 N–H and O–H groups in total. The van der Waals surface area contributed by atoms with Crippen molar-refractivity contribution in [3.8, 4) is 5.75 Å². The Hall–Kier alpha value is -1.81. The molecule has 1 aromatic heterocycles. The maximum Gasteiger partial charge on any atom is 0.124 e. The number of hydrogen-bond donors (Lipinski definition) is 1. The van der Waals surface area contributed by atoms with Crippen molar-refractivity contribution in [2.24, 2.45) is 5.73 Å². The highest BCUT2D eigenvalue weighted by Gasteiger charge is 2.15. The van der Waals surface area contributed by atoms with Gasteiger partial charge in [0.25, 0.3) is 0 Å². The monoisotopic (exact) mass is 287 g/mol. The molecule has 0 bridgehead atoms. The smallest absolute Gasteiger partial charge is 0.124 e. The quantitative estimate of drug-likeness (QED) is 0.851. The highest BCUT2D eigenvalue weighted by Crippen LogP contribution is 2.26. The summed E-state index contributed by atoms with van der Waals surface area (Å²) in [6.07, 6.45) is 1.72. The third-order valence-electron chi connectivity index (χ3n) is 3.62. The first-order valence-electron chi connectivity index (χ1n) is 7.72. The predicted octanol–water partition coefficient (Wildman–Crippen LogP) is 3.11. The molecule has 0 aliphatic rings. The van der Waals surface area contributed by atoms with Crippen LogP contribution in [-0.2, 0) is 19.4 Å². The Kier molecular flexibility index (Phi) is 5.39. The second-order valence-corrected chi connectivity index (χ2v) is 5.08. The number of aryl methyl sites for hydroxylation is 2. The van der Waals surface area contributed by atoms with E-state index in [2.05, 4.69) is 25.0 Å². The predicted molar refractivity (Wildman–Crippen MR) is 85.5 cm³/mol. The van der Waals surface area contributed by atoms with Gasteiger partial charge < -0.3 is 10.5 Å². The van der Waals surface area contributed by atoms with Gasteiger partial charge in [-0.2, -0.15) is 5.10 Å². The minimum atomic E-state index is -0.0838. The Morgan fingerprint density at radius 2 is 2.00 bits per heavy atom. The van der Waals surface area contributed by atoms with Gasteiger partial charge in [0, 0.05) is 30.3 Å². The highest BCUT2D eigenvalue weighted by molar-refractivity contribution is 5.36. The Labute approximate surface area is 126 Å². The molecule has 21 heavy (non-hydrogen) atoms. The maximum absolute atomic E-state index is 6.41. The first-order valence-corrected chi connectivity index (χ1v) is 7.72. The summed E-state index contributed by atoms with van der Waals surface area (Å²) in [5.41, 5.74) is 9.78. The second kappa shape index (κ2) is 7.27. The molecule has 0 fully saturated rings. The fourth-order valence-electron chi connectivity index (χ4n) is 2.53. The van der Waals surface area contributed by atoms with E-state index in [-0.39, 0.29) is 6.04 Å². The molecule has 0 radical (unpaired) electrons. The van der Waals surface area contributed by atoms with E-state index in [1.165, 1.54) is 5.69 Å². The zero-order chi connectivity index (χ0) is 15.2. The molecule has 4 heteroatoms. The van der Waals surface area contributed by atoms with Gasteiger partial charge >= 0.3 is 0 Å². The molecule has 4 nitrogen and oxygen atoms in total. The number of nitrogens with two attached hydrogens (primary N) is 1. The molecule has 2 rings (SSSR count). The topological polar surface area (TPSA) is 53.1 Å². The molecule has 0 aliphatic carbocycles. The lowest BCUT2D eigenvalue weighted by Crippen LogP contribution is -2.17. The van der Waals surface area contributed by atoms with Gasteiger partial charge in [-0.25, -0.2) is 0 Å². The van der Waals surface area contributed by atoms with Crippen LogP contribution in [0.2, 0.25) is 0 Å². The number of ether oxygens (including phenoxy) is 1. The number of nitrogens with zero attached hydrogens (tertiary/aromatic N) is 2. The van der Waals surface area contributed by atoms with Crippen LogP contribution >= 0.6 is 0 Å². The van der Waals surface area contributed by atoms with E-state index >= 15 is 0 Å². The van der Waals surface area contributed by atoms with Crippen molar-refractivity contribution in [1.29, 1.82) is 0 Å². The van der Waals surface area contributed by atoms with Gasteiger partial charge in [-0.15, -0.1) is 0 Å². The minimum absolute atomic E-state index is 0.0838. The molecule has 1 aromatic carbocycles. The standard InChI is InChI=1S/C17H25N3O/c1-4-13-11-14(20(5-2)19-13)12-16(18)15-9-7-8-10-17(15)21-6-3/h7-11,16H,4-6,12,18H2,1-3H3. The van der Waals surface area contributed by atoms with E-state index in [1.54, 1.807) is 0 Å².